The maximum atomic E-state index is 14.4. The average Bonchev–Trinajstić information content (AvgIpc) is 2.94. The van der Waals surface area contributed by atoms with E-state index in [9.17, 15) is 22.0 Å². The minimum absolute atomic E-state index is 0. The lowest BCUT2D eigenvalue weighted by molar-refractivity contribution is -0.136. The van der Waals surface area contributed by atoms with Gasteiger partial charge in [0.2, 0.25) is 0 Å². The molecule has 1 aromatic carbocycles. The standard InChI is InChI=1S/C17H17ClF2N4O4S.2ClH/c18-11-6-12(19)9(5-13(11)20)16-22-14-8-29(27,28)7-10(14)17(23-16)24(4-2-21)3-1-15(25)26;;/h5-6H,1-4,7-8,21H2,(H,25,26);2*1H. The Morgan fingerprint density at radius 1 is 1.16 bits per heavy atom. The van der Waals surface area contributed by atoms with Gasteiger partial charge in [-0.15, -0.1) is 24.8 Å². The second kappa shape index (κ2) is 10.7. The Kier molecular flexibility index (Phi) is 9.39. The number of aliphatic carboxylic acids is 1. The molecule has 172 valence electrons. The molecule has 8 nitrogen and oxygen atoms in total. The van der Waals surface area contributed by atoms with Crippen molar-refractivity contribution in [1.29, 1.82) is 0 Å². The van der Waals surface area contributed by atoms with Crippen LogP contribution in [0.2, 0.25) is 5.02 Å². The number of fused-ring (bicyclic) bond motifs is 1. The number of carboxylic acids is 1. The van der Waals surface area contributed by atoms with E-state index in [-0.39, 0.29) is 85.3 Å². The summed E-state index contributed by atoms with van der Waals surface area (Å²) in [6, 6.07) is 1.61. The first-order valence-electron chi connectivity index (χ1n) is 8.53. The van der Waals surface area contributed by atoms with Gasteiger partial charge in [0.05, 0.1) is 34.2 Å². The zero-order valence-electron chi connectivity index (χ0n) is 15.8. The minimum atomic E-state index is -3.50. The van der Waals surface area contributed by atoms with E-state index in [1.165, 1.54) is 4.90 Å². The van der Waals surface area contributed by atoms with Crippen LogP contribution in [0.4, 0.5) is 14.6 Å². The smallest absolute Gasteiger partial charge is 0.305 e. The first-order valence-corrected chi connectivity index (χ1v) is 10.7. The monoisotopic (exact) mass is 518 g/mol. The molecular weight excluding hydrogens is 501 g/mol. The Hall–Kier alpha value is -1.79. The molecule has 2 aromatic rings. The molecule has 1 aliphatic heterocycles. The SMILES string of the molecule is Cl.Cl.NCCN(CCC(=O)O)c1nc(-c2cc(F)c(Cl)cc2F)nc2c1CS(=O)(=O)C2. The number of carboxylic acid groups (broad SMARTS) is 1. The van der Waals surface area contributed by atoms with Gasteiger partial charge < -0.3 is 15.7 Å². The molecule has 0 fully saturated rings. The van der Waals surface area contributed by atoms with Gasteiger partial charge in [0, 0.05) is 25.2 Å². The van der Waals surface area contributed by atoms with Gasteiger partial charge in [-0.05, 0) is 12.1 Å². The largest absolute Gasteiger partial charge is 0.481 e. The molecule has 1 aromatic heterocycles. The van der Waals surface area contributed by atoms with Gasteiger partial charge in [0.15, 0.2) is 15.7 Å². The van der Waals surface area contributed by atoms with Crippen LogP contribution in [0.15, 0.2) is 12.1 Å². The van der Waals surface area contributed by atoms with Gasteiger partial charge in [-0.3, -0.25) is 4.79 Å². The number of anilines is 1. The molecule has 0 saturated carbocycles. The molecule has 31 heavy (non-hydrogen) atoms. The van der Waals surface area contributed by atoms with E-state index in [0.29, 0.717) is 5.56 Å². The van der Waals surface area contributed by atoms with Crippen LogP contribution in [-0.4, -0.2) is 49.1 Å². The van der Waals surface area contributed by atoms with Crippen molar-refractivity contribution in [2.45, 2.75) is 17.9 Å². The summed E-state index contributed by atoms with van der Waals surface area (Å²) in [6.07, 6.45) is -0.245. The van der Waals surface area contributed by atoms with E-state index in [0.717, 1.165) is 12.1 Å². The maximum absolute atomic E-state index is 14.4. The Labute approximate surface area is 194 Å². The molecule has 3 rings (SSSR count). The van der Waals surface area contributed by atoms with Gasteiger partial charge in [-0.1, -0.05) is 11.6 Å². The third-order valence-electron chi connectivity index (χ3n) is 4.34. The van der Waals surface area contributed by atoms with Crippen molar-refractivity contribution in [1.82, 2.24) is 9.97 Å². The van der Waals surface area contributed by atoms with Crippen molar-refractivity contribution < 1.29 is 27.1 Å². The number of hydrogen-bond donors (Lipinski definition) is 2. The number of nitrogens with zero attached hydrogens (tertiary/aromatic N) is 3. The molecule has 0 atom stereocenters. The predicted molar refractivity (Wildman–Crippen MR) is 117 cm³/mol. The fourth-order valence-corrected chi connectivity index (χ4v) is 4.69. The molecule has 0 radical (unpaired) electrons. The highest BCUT2D eigenvalue weighted by atomic mass is 35.5. The van der Waals surface area contributed by atoms with Crippen molar-refractivity contribution >= 4 is 58.0 Å². The van der Waals surface area contributed by atoms with Crippen molar-refractivity contribution in [2.24, 2.45) is 5.73 Å². The maximum Gasteiger partial charge on any atom is 0.305 e. The van der Waals surface area contributed by atoms with E-state index in [2.05, 4.69) is 9.97 Å². The van der Waals surface area contributed by atoms with Crippen LogP contribution in [0.1, 0.15) is 17.7 Å². The lowest BCUT2D eigenvalue weighted by Gasteiger charge is -2.25. The predicted octanol–water partition coefficient (Wildman–Crippen LogP) is 2.59. The Morgan fingerprint density at radius 2 is 1.84 bits per heavy atom. The molecule has 0 amide bonds. The van der Waals surface area contributed by atoms with E-state index in [1.54, 1.807) is 0 Å². The van der Waals surface area contributed by atoms with E-state index < -0.39 is 32.5 Å². The molecule has 0 bridgehead atoms. The molecule has 0 unspecified atom stereocenters. The minimum Gasteiger partial charge on any atom is -0.481 e. The second-order valence-corrected chi connectivity index (χ2v) is 8.97. The summed E-state index contributed by atoms with van der Waals surface area (Å²) in [7, 11) is -3.50. The number of aromatic nitrogens is 2. The van der Waals surface area contributed by atoms with Gasteiger partial charge >= 0.3 is 5.97 Å². The molecule has 0 aliphatic carbocycles. The van der Waals surface area contributed by atoms with Crippen LogP contribution in [0.25, 0.3) is 11.4 Å². The van der Waals surface area contributed by atoms with Crippen molar-refractivity contribution in [3.63, 3.8) is 0 Å². The molecule has 1 aliphatic rings. The molecule has 3 N–H and O–H groups in total. The summed E-state index contributed by atoms with van der Waals surface area (Å²) < 4.78 is 52.6. The number of carbonyl (C=O) groups is 1. The first kappa shape index (κ1) is 27.2. The third-order valence-corrected chi connectivity index (χ3v) is 6.07. The highest BCUT2D eigenvalue weighted by Gasteiger charge is 2.32. The van der Waals surface area contributed by atoms with Crippen LogP contribution in [-0.2, 0) is 26.1 Å². The fourth-order valence-electron chi connectivity index (χ4n) is 3.05. The van der Waals surface area contributed by atoms with E-state index in [1.807, 2.05) is 0 Å². The zero-order valence-corrected chi connectivity index (χ0v) is 19.1. The van der Waals surface area contributed by atoms with Crippen LogP contribution in [0.5, 0.6) is 0 Å². The fraction of sp³-hybridized carbons (Fsp3) is 0.353. The number of sulfone groups is 1. The van der Waals surface area contributed by atoms with Crippen LogP contribution >= 0.6 is 36.4 Å². The van der Waals surface area contributed by atoms with Gasteiger partial charge in [-0.25, -0.2) is 27.2 Å². The van der Waals surface area contributed by atoms with E-state index >= 15 is 0 Å². The lowest BCUT2D eigenvalue weighted by Crippen LogP contribution is -2.33. The summed E-state index contributed by atoms with van der Waals surface area (Å²) in [5.41, 5.74) is 5.79. The Morgan fingerprint density at radius 3 is 2.45 bits per heavy atom. The van der Waals surface area contributed by atoms with Gasteiger partial charge in [-0.2, -0.15) is 0 Å². The normalized spacial score (nSPS) is 13.7. The lowest BCUT2D eigenvalue weighted by atomic mass is 10.1. The van der Waals surface area contributed by atoms with Gasteiger partial charge in [0.25, 0.3) is 0 Å². The molecule has 2 heterocycles. The van der Waals surface area contributed by atoms with Gasteiger partial charge in [0.1, 0.15) is 17.5 Å². The van der Waals surface area contributed by atoms with Crippen LogP contribution < -0.4 is 10.6 Å². The highest BCUT2D eigenvalue weighted by Crippen LogP contribution is 2.34. The summed E-state index contributed by atoms with van der Waals surface area (Å²) in [4.78, 5) is 20.9. The van der Waals surface area contributed by atoms with Crippen molar-refractivity contribution in [3.05, 3.63) is 40.0 Å². The molecule has 0 saturated heterocycles. The zero-order chi connectivity index (χ0) is 21.3. The first-order chi connectivity index (χ1) is 13.6. The summed E-state index contributed by atoms with van der Waals surface area (Å²) in [5.74, 6) is -3.60. The van der Waals surface area contributed by atoms with Crippen molar-refractivity contribution in [2.75, 3.05) is 24.5 Å². The number of benzene rings is 1. The number of halogens is 5. The Balaban J connectivity index is 0.00000240. The quantitative estimate of drug-likeness (QED) is 0.535. The summed E-state index contributed by atoms with van der Waals surface area (Å²) >= 11 is 5.59. The van der Waals surface area contributed by atoms with Crippen molar-refractivity contribution in [3.8, 4) is 11.4 Å². The summed E-state index contributed by atoms with van der Waals surface area (Å²) in [5, 5.41) is 8.57. The Bertz CT molecular complexity index is 1090. The summed E-state index contributed by atoms with van der Waals surface area (Å²) in [6.45, 7) is 0.338. The number of rotatable bonds is 7. The molecular formula is C17H19Cl3F2N4O4S. The van der Waals surface area contributed by atoms with E-state index in [4.69, 9.17) is 22.4 Å². The second-order valence-electron chi connectivity index (χ2n) is 6.49. The number of nitrogens with two attached hydrogens (primary N) is 1. The highest BCUT2D eigenvalue weighted by molar-refractivity contribution is 7.90. The third kappa shape index (κ3) is 6.13. The average molecular weight is 520 g/mol. The number of hydrogen-bond acceptors (Lipinski definition) is 7. The van der Waals surface area contributed by atoms with Crippen LogP contribution in [0, 0.1) is 11.6 Å². The van der Waals surface area contributed by atoms with Crippen LogP contribution in [0.3, 0.4) is 0 Å². The molecule has 14 heteroatoms. The molecule has 0 spiro atoms. The topological polar surface area (TPSA) is 126 Å².